The molecular formula is C26H30N2O4S. The molecule has 1 unspecified atom stereocenters. The molecule has 4 rings (SSSR count). The first-order chi connectivity index (χ1) is 16.0. The van der Waals surface area contributed by atoms with E-state index in [0.717, 1.165) is 41.4 Å². The molecule has 6 nitrogen and oxygen atoms in total. The molecule has 1 saturated heterocycles. The summed E-state index contributed by atoms with van der Waals surface area (Å²) in [5.41, 5.74) is 3.43. The molecule has 1 aliphatic heterocycles. The van der Waals surface area contributed by atoms with Crippen LogP contribution in [0.5, 0.6) is 0 Å². The summed E-state index contributed by atoms with van der Waals surface area (Å²) in [5, 5.41) is 3.89. The number of amides is 1. The van der Waals surface area contributed by atoms with E-state index in [1.165, 1.54) is 17.4 Å². The molecule has 1 fully saturated rings. The highest BCUT2D eigenvalue weighted by molar-refractivity contribution is 7.16. The number of nitrogens with one attached hydrogen (secondary N) is 1. The number of carbonyl (C=O) groups is 2. The predicted molar refractivity (Wildman–Crippen MR) is 130 cm³/mol. The zero-order valence-electron chi connectivity index (χ0n) is 19.3. The molecule has 0 radical (unpaired) electrons. The molecule has 1 aliphatic rings. The van der Waals surface area contributed by atoms with Gasteiger partial charge in [-0.2, -0.15) is 0 Å². The Morgan fingerprint density at radius 1 is 1.18 bits per heavy atom. The van der Waals surface area contributed by atoms with Crippen molar-refractivity contribution < 1.29 is 18.7 Å². The number of likely N-dealkylation sites (tertiary alicyclic amines) is 1. The zero-order valence-corrected chi connectivity index (χ0v) is 20.1. The van der Waals surface area contributed by atoms with Crippen molar-refractivity contribution in [2.45, 2.75) is 39.7 Å². The minimum atomic E-state index is -0.258. The Balaban J connectivity index is 1.63. The van der Waals surface area contributed by atoms with Crippen LogP contribution in [0.1, 0.15) is 57.9 Å². The molecule has 7 heteroatoms. The summed E-state index contributed by atoms with van der Waals surface area (Å²) in [6.07, 6.45) is 3.02. The van der Waals surface area contributed by atoms with Crippen LogP contribution in [0.15, 0.2) is 53.1 Å². The molecule has 0 spiro atoms. The van der Waals surface area contributed by atoms with Gasteiger partial charge in [0, 0.05) is 10.4 Å². The van der Waals surface area contributed by atoms with Gasteiger partial charge < -0.3 is 14.5 Å². The Morgan fingerprint density at radius 2 is 1.91 bits per heavy atom. The van der Waals surface area contributed by atoms with Gasteiger partial charge in [-0.1, -0.05) is 29.8 Å². The average molecular weight is 467 g/mol. The third-order valence-corrected chi connectivity index (χ3v) is 7.04. The van der Waals surface area contributed by atoms with Gasteiger partial charge in [-0.05, 0) is 70.5 Å². The molecule has 3 aromatic rings. The molecular weight excluding hydrogens is 436 g/mol. The lowest BCUT2D eigenvalue weighted by molar-refractivity contribution is -0.149. The first-order valence-corrected chi connectivity index (χ1v) is 12.2. The third-order valence-electron chi connectivity index (χ3n) is 6.06. The number of aryl methyl sites for hydroxylation is 2. The number of anilines is 1. The van der Waals surface area contributed by atoms with Gasteiger partial charge in [0.05, 0.1) is 24.8 Å². The molecule has 0 aliphatic carbocycles. The van der Waals surface area contributed by atoms with E-state index in [-0.39, 0.29) is 29.6 Å². The van der Waals surface area contributed by atoms with Crippen LogP contribution in [0, 0.1) is 19.8 Å². The molecule has 1 amide bonds. The Kier molecular flexibility index (Phi) is 7.30. The number of thiophene rings is 1. The van der Waals surface area contributed by atoms with Gasteiger partial charge in [0.2, 0.25) is 0 Å². The minimum Gasteiger partial charge on any atom is -0.466 e. The van der Waals surface area contributed by atoms with Gasteiger partial charge in [-0.25, -0.2) is 0 Å². The maximum Gasteiger partial charge on any atom is 0.309 e. The normalized spacial score (nSPS) is 15.8. The van der Waals surface area contributed by atoms with Crippen LogP contribution >= 0.6 is 11.3 Å². The van der Waals surface area contributed by atoms with Crippen molar-refractivity contribution >= 4 is 28.2 Å². The van der Waals surface area contributed by atoms with Crippen molar-refractivity contribution in [2.24, 2.45) is 5.92 Å². The van der Waals surface area contributed by atoms with Gasteiger partial charge in [-0.3, -0.25) is 14.5 Å². The fraction of sp³-hybridized carbons (Fsp3) is 0.385. The van der Waals surface area contributed by atoms with Crippen LogP contribution in [0.2, 0.25) is 0 Å². The van der Waals surface area contributed by atoms with Crippen LogP contribution in [-0.2, 0) is 9.53 Å². The number of benzene rings is 1. The van der Waals surface area contributed by atoms with E-state index in [1.807, 2.05) is 6.92 Å². The fourth-order valence-corrected chi connectivity index (χ4v) is 5.34. The SMILES string of the molecule is CCOC(=O)C1CCN(C(c2ccc(C)cc2)c2cc(C)sc2NC(=O)c2ccco2)CC1. The summed E-state index contributed by atoms with van der Waals surface area (Å²) in [4.78, 5) is 28.5. The highest BCUT2D eigenvalue weighted by atomic mass is 32.1. The third kappa shape index (κ3) is 5.37. The first-order valence-electron chi connectivity index (χ1n) is 11.4. The molecule has 33 heavy (non-hydrogen) atoms. The summed E-state index contributed by atoms with van der Waals surface area (Å²) < 4.78 is 10.5. The zero-order chi connectivity index (χ0) is 23.4. The maximum atomic E-state index is 12.7. The summed E-state index contributed by atoms with van der Waals surface area (Å²) in [6, 6.07) is 14.0. The van der Waals surface area contributed by atoms with Crippen molar-refractivity contribution in [3.8, 4) is 0 Å². The van der Waals surface area contributed by atoms with Gasteiger partial charge in [0.25, 0.3) is 5.91 Å². The second-order valence-corrected chi connectivity index (χ2v) is 9.70. The Labute approximate surface area is 198 Å². The predicted octanol–water partition coefficient (Wildman–Crippen LogP) is 5.57. The van der Waals surface area contributed by atoms with Gasteiger partial charge in [0.1, 0.15) is 5.00 Å². The summed E-state index contributed by atoms with van der Waals surface area (Å²) in [7, 11) is 0. The molecule has 2 aromatic heterocycles. The van der Waals surface area contributed by atoms with Crippen molar-refractivity contribution in [1.29, 1.82) is 0 Å². The lowest BCUT2D eigenvalue weighted by atomic mass is 9.91. The quantitative estimate of drug-likeness (QED) is 0.461. The number of hydrogen-bond acceptors (Lipinski definition) is 6. The van der Waals surface area contributed by atoms with Crippen molar-refractivity contribution in [2.75, 3.05) is 25.0 Å². The largest absolute Gasteiger partial charge is 0.466 e. The number of furan rings is 1. The smallest absolute Gasteiger partial charge is 0.309 e. The van der Waals surface area contributed by atoms with Crippen LogP contribution in [-0.4, -0.2) is 36.5 Å². The highest BCUT2D eigenvalue weighted by Gasteiger charge is 2.33. The van der Waals surface area contributed by atoms with E-state index in [1.54, 1.807) is 23.5 Å². The Bertz CT molecular complexity index is 1080. The number of nitrogens with zero attached hydrogens (tertiary/aromatic N) is 1. The lowest BCUT2D eigenvalue weighted by Crippen LogP contribution is -2.39. The summed E-state index contributed by atoms with van der Waals surface area (Å²) in [5.74, 6) is -0.120. The number of hydrogen-bond donors (Lipinski definition) is 1. The van der Waals surface area contributed by atoms with E-state index < -0.39 is 0 Å². The van der Waals surface area contributed by atoms with Gasteiger partial charge >= 0.3 is 5.97 Å². The standard InChI is InChI=1S/C26H30N2O4S/c1-4-31-26(30)20-11-13-28(14-12-20)23(19-9-7-17(2)8-10-19)21-16-18(3)33-25(21)27-24(29)22-6-5-15-32-22/h5-10,15-16,20,23H,4,11-14H2,1-3H3,(H,27,29). The molecule has 3 heterocycles. The fourth-order valence-electron chi connectivity index (χ4n) is 4.40. The Hall–Kier alpha value is -2.90. The second kappa shape index (κ2) is 10.4. The summed E-state index contributed by atoms with van der Waals surface area (Å²) in [6.45, 7) is 7.95. The maximum absolute atomic E-state index is 12.7. The second-order valence-electron chi connectivity index (χ2n) is 8.45. The number of piperidine rings is 1. The average Bonchev–Trinajstić information content (AvgIpc) is 3.46. The van der Waals surface area contributed by atoms with Crippen molar-refractivity contribution in [3.63, 3.8) is 0 Å². The monoisotopic (exact) mass is 466 g/mol. The first kappa shape index (κ1) is 23.3. The molecule has 0 bridgehead atoms. The molecule has 1 aromatic carbocycles. The van der Waals surface area contributed by atoms with Crippen molar-refractivity contribution in [1.82, 2.24) is 4.90 Å². The lowest BCUT2D eigenvalue weighted by Gasteiger charge is -2.37. The van der Waals surface area contributed by atoms with E-state index >= 15 is 0 Å². The minimum absolute atomic E-state index is 0.0226. The van der Waals surface area contributed by atoms with Gasteiger partial charge in [-0.15, -0.1) is 11.3 Å². The van der Waals surface area contributed by atoms with E-state index in [4.69, 9.17) is 9.15 Å². The Morgan fingerprint density at radius 3 is 2.55 bits per heavy atom. The van der Waals surface area contributed by atoms with E-state index in [0.29, 0.717) is 6.61 Å². The molecule has 0 saturated carbocycles. The number of rotatable bonds is 7. The van der Waals surface area contributed by atoms with Crippen LogP contribution in [0.25, 0.3) is 0 Å². The molecule has 1 N–H and O–H groups in total. The van der Waals surface area contributed by atoms with Crippen molar-refractivity contribution in [3.05, 3.63) is 76.1 Å². The summed E-state index contributed by atoms with van der Waals surface area (Å²) >= 11 is 1.57. The number of ether oxygens (including phenoxy) is 1. The van der Waals surface area contributed by atoms with Crippen LogP contribution < -0.4 is 5.32 Å². The number of carbonyl (C=O) groups excluding carboxylic acids is 2. The molecule has 1 atom stereocenters. The van der Waals surface area contributed by atoms with Gasteiger partial charge in [0.15, 0.2) is 5.76 Å². The van der Waals surface area contributed by atoms with Crippen LogP contribution in [0.3, 0.4) is 0 Å². The highest BCUT2D eigenvalue weighted by Crippen LogP contribution is 2.40. The number of esters is 1. The molecule has 174 valence electrons. The van der Waals surface area contributed by atoms with E-state index in [9.17, 15) is 9.59 Å². The van der Waals surface area contributed by atoms with E-state index in [2.05, 4.69) is 54.4 Å². The topological polar surface area (TPSA) is 71.8 Å². The van der Waals surface area contributed by atoms with Crippen LogP contribution in [0.4, 0.5) is 5.00 Å².